The maximum absolute atomic E-state index is 10.4. The highest BCUT2D eigenvalue weighted by Crippen LogP contribution is 2.20. The first-order valence-electron chi connectivity index (χ1n) is 6.10. The average Bonchev–Trinajstić information content (AvgIpc) is 2.36. The molecule has 0 amide bonds. The summed E-state index contributed by atoms with van der Waals surface area (Å²) in [5.74, 6) is 1.15. The van der Waals surface area contributed by atoms with Crippen LogP contribution in [0.25, 0.3) is 0 Å². The highest BCUT2D eigenvalue weighted by atomic mass is 16.5. The lowest BCUT2D eigenvalue weighted by Gasteiger charge is -2.13. The van der Waals surface area contributed by atoms with Gasteiger partial charge in [-0.2, -0.15) is 0 Å². The average molecular weight is 252 g/mol. The molecule has 100 valence electrons. The van der Waals surface area contributed by atoms with Crippen LogP contribution in [0.15, 0.2) is 24.3 Å². The second-order valence-electron chi connectivity index (χ2n) is 4.38. The van der Waals surface area contributed by atoms with Crippen LogP contribution in [0.3, 0.4) is 0 Å². The van der Waals surface area contributed by atoms with Gasteiger partial charge in [-0.05, 0) is 30.9 Å². The quantitative estimate of drug-likeness (QED) is 0.772. The Morgan fingerprint density at radius 3 is 2.78 bits per heavy atom. The lowest BCUT2D eigenvalue weighted by molar-refractivity contribution is -0.137. The molecule has 0 aromatic heterocycles. The Labute approximate surface area is 108 Å². The third kappa shape index (κ3) is 5.57. The summed E-state index contributed by atoms with van der Waals surface area (Å²) in [5.41, 5.74) is 0. The first-order valence-corrected chi connectivity index (χ1v) is 6.10. The van der Waals surface area contributed by atoms with Gasteiger partial charge in [0.15, 0.2) is 0 Å². The standard InChI is InChI=1S/C14H20O4/c1-11(5-3-8-14(15)16)10-18-13-7-4-6-12(9-13)17-2/h4,6-7,9,11H,3,5,8,10H2,1-2H3,(H,15,16). The largest absolute Gasteiger partial charge is 0.497 e. The molecule has 0 aliphatic heterocycles. The maximum Gasteiger partial charge on any atom is 0.303 e. The van der Waals surface area contributed by atoms with Crippen LogP contribution in [-0.2, 0) is 4.79 Å². The molecular formula is C14H20O4. The number of hydrogen-bond acceptors (Lipinski definition) is 3. The number of carbonyl (C=O) groups is 1. The number of carboxylic acids is 1. The predicted molar refractivity (Wildman–Crippen MR) is 69.1 cm³/mol. The molecule has 1 aromatic carbocycles. The summed E-state index contributed by atoms with van der Waals surface area (Å²) in [4.78, 5) is 10.4. The van der Waals surface area contributed by atoms with Gasteiger partial charge in [0.2, 0.25) is 0 Å². The number of rotatable bonds is 8. The number of hydrogen-bond donors (Lipinski definition) is 1. The fourth-order valence-corrected chi connectivity index (χ4v) is 1.61. The highest BCUT2D eigenvalue weighted by molar-refractivity contribution is 5.66. The molecule has 0 aliphatic rings. The van der Waals surface area contributed by atoms with Crippen LogP contribution in [0.2, 0.25) is 0 Å². The minimum absolute atomic E-state index is 0.226. The fraction of sp³-hybridized carbons (Fsp3) is 0.500. The molecule has 0 radical (unpaired) electrons. The third-order valence-corrected chi connectivity index (χ3v) is 2.66. The SMILES string of the molecule is COc1cccc(OCC(C)CCCC(=O)O)c1. The minimum Gasteiger partial charge on any atom is -0.497 e. The second kappa shape index (κ2) is 7.58. The van der Waals surface area contributed by atoms with Gasteiger partial charge in [0.1, 0.15) is 11.5 Å². The highest BCUT2D eigenvalue weighted by Gasteiger charge is 2.05. The van der Waals surface area contributed by atoms with Gasteiger partial charge in [-0.1, -0.05) is 13.0 Å². The molecule has 1 aromatic rings. The first kappa shape index (κ1) is 14.4. The summed E-state index contributed by atoms with van der Waals surface area (Å²) in [6.07, 6.45) is 1.78. The van der Waals surface area contributed by atoms with Crippen molar-refractivity contribution in [3.63, 3.8) is 0 Å². The van der Waals surface area contributed by atoms with Gasteiger partial charge >= 0.3 is 5.97 Å². The molecule has 0 saturated heterocycles. The summed E-state index contributed by atoms with van der Waals surface area (Å²) >= 11 is 0. The number of methoxy groups -OCH3 is 1. The van der Waals surface area contributed by atoms with Crippen molar-refractivity contribution in [2.24, 2.45) is 5.92 Å². The molecule has 0 fully saturated rings. The van der Waals surface area contributed by atoms with Gasteiger partial charge in [0.25, 0.3) is 0 Å². The Bertz CT molecular complexity index is 376. The van der Waals surface area contributed by atoms with Crippen LogP contribution < -0.4 is 9.47 Å². The predicted octanol–water partition coefficient (Wildman–Crippen LogP) is 2.97. The van der Waals surface area contributed by atoms with Crippen molar-refractivity contribution in [1.82, 2.24) is 0 Å². The summed E-state index contributed by atoms with van der Waals surface area (Å²) in [6.45, 7) is 2.65. The van der Waals surface area contributed by atoms with E-state index < -0.39 is 5.97 Å². The van der Waals surface area contributed by atoms with E-state index in [1.165, 1.54) is 0 Å². The Kier molecular flexibility index (Phi) is 6.05. The van der Waals surface area contributed by atoms with Crippen LogP contribution in [0, 0.1) is 5.92 Å². The van der Waals surface area contributed by atoms with Crippen LogP contribution in [0.4, 0.5) is 0 Å². The molecule has 1 unspecified atom stereocenters. The van der Waals surface area contributed by atoms with Gasteiger partial charge in [0.05, 0.1) is 13.7 Å². The number of benzene rings is 1. The zero-order valence-corrected chi connectivity index (χ0v) is 10.9. The van der Waals surface area contributed by atoms with Crippen molar-refractivity contribution in [2.75, 3.05) is 13.7 Å². The van der Waals surface area contributed by atoms with Crippen molar-refractivity contribution in [3.8, 4) is 11.5 Å². The molecule has 1 rings (SSSR count). The van der Waals surface area contributed by atoms with Crippen LogP contribution in [0.5, 0.6) is 11.5 Å². The fourth-order valence-electron chi connectivity index (χ4n) is 1.61. The van der Waals surface area contributed by atoms with E-state index in [0.29, 0.717) is 18.9 Å². The lowest BCUT2D eigenvalue weighted by atomic mass is 10.1. The van der Waals surface area contributed by atoms with Gasteiger partial charge < -0.3 is 14.6 Å². The maximum atomic E-state index is 10.4. The van der Waals surface area contributed by atoms with Crippen molar-refractivity contribution in [3.05, 3.63) is 24.3 Å². The van der Waals surface area contributed by atoms with Crippen molar-refractivity contribution in [2.45, 2.75) is 26.2 Å². The van der Waals surface area contributed by atoms with E-state index >= 15 is 0 Å². The van der Waals surface area contributed by atoms with Crippen molar-refractivity contribution >= 4 is 5.97 Å². The lowest BCUT2D eigenvalue weighted by Crippen LogP contribution is -2.09. The van der Waals surface area contributed by atoms with E-state index in [1.54, 1.807) is 7.11 Å². The number of aliphatic carboxylic acids is 1. The molecule has 1 N–H and O–H groups in total. The summed E-state index contributed by atoms with van der Waals surface area (Å²) in [5, 5.41) is 8.55. The van der Waals surface area contributed by atoms with E-state index in [9.17, 15) is 4.79 Å². The Morgan fingerprint density at radius 2 is 2.11 bits per heavy atom. The Morgan fingerprint density at radius 1 is 1.39 bits per heavy atom. The molecular weight excluding hydrogens is 232 g/mol. The number of carboxylic acid groups (broad SMARTS) is 1. The third-order valence-electron chi connectivity index (χ3n) is 2.66. The zero-order chi connectivity index (χ0) is 13.4. The first-order chi connectivity index (χ1) is 8.61. The van der Waals surface area contributed by atoms with Crippen LogP contribution >= 0.6 is 0 Å². The van der Waals surface area contributed by atoms with Gasteiger partial charge in [-0.15, -0.1) is 0 Å². The van der Waals surface area contributed by atoms with Gasteiger partial charge in [-0.3, -0.25) is 4.79 Å². The molecule has 4 nitrogen and oxygen atoms in total. The molecule has 0 saturated carbocycles. The van der Waals surface area contributed by atoms with E-state index in [4.69, 9.17) is 14.6 Å². The molecule has 0 aliphatic carbocycles. The van der Waals surface area contributed by atoms with E-state index in [2.05, 4.69) is 6.92 Å². The smallest absolute Gasteiger partial charge is 0.303 e. The molecule has 18 heavy (non-hydrogen) atoms. The molecule has 0 heterocycles. The monoisotopic (exact) mass is 252 g/mol. The summed E-state index contributed by atoms with van der Waals surface area (Å²) < 4.78 is 10.7. The topological polar surface area (TPSA) is 55.8 Å². The van der Waals surface area contributed by atoms with E-state index in [0.717, 1.165) is 17.9 Å². The van der Waals surface area contributed by atoms with Crippen LogP contribution in [0.1, 0.15) is 26.2 Å². The molecule has 0 bridgehead atoms. The summed E-state index contributed by atoms with van der Waals surface area (Å²) in [6, 6.07) is 7.46. The Hall–Kier alpha value is -1.71. The van der Waals surface area contributed by atoms with Gasteiger partial charge in [-0.25, -0.2) is 0 Å². The second-order valence-corrected chi connectivity index (χ2v) is 4.38. The molecule has 0 spiro atoms. The Balaban J connectivity index is 2.28. The minimum atomic E-state index is -0.740. The molecule has 4 heteroatoms. The summed E-state index contributed by atoms with van der Waals surface area (Å²) in [7, 11) is 1.62. The normalized spacial score (nSPS) is 11.9. The van der Waals surface area contributed by atoms with E-state index in [-0.39, 0.29) is 6.42 Å². The van der Waals surface area contributed by atoms with Crippen molar-refractivity contribution < 1.29 is 19.4 Å². The molecule has 1 atom stereocenters. The van der Waals surface area contributed by atoms with Crippen LogP contribution in [-0.4, -0.2) is 24.8 Å². The zero-order valence-electron chi connectivity index (χ0n) is 10.9. The number of ether oxygens (including phenoxy) is 2. The van der Waals surface area contributed by atoms with E-state index in [1.807, 2.05) is 24.3 Å². The van der Waals surface area contributed by atoms with Gasteiger partial charge in [0, 0.05) is 12.5 Å². The van der Waals surface area contributed by atoms with Crippen molar-refractivity contribution in [1.29, 1.82) is 0 Å².